The minimum absolute atomic E-state index is 0.191. The molecule has 1 N–H and O–H groups in total. The Morgan fingerprint density at radius 2 is 1.50 bits per heavy atom. The SMILES string of the molecule is O=C1c2ccccc2C(=O)N1CCC#Cc1ccc(O)cc1. The molecule has 3 rings (SSSR count). The lowest BCUT2D eigenvalue weighted by atomic mass is 10.1. The Labute approximate surface area is 128 Å². The standard InChI is InChI=1S/C18H13NO3/c20-14-10-8-13(9-11-14)5-3-4-12-19-17(21)15-6-1-2-7-16(15)18(19)22/h1-2,6-11,20H,4,12H2. The van der Waals surface area contributed by atoms with Gasteiger partial charge >= 0.3 is 0 Å². The normalized spacial score (nSPS) is 12.8. The summed E-state index contributed by atoms with van der Waals surface area (Å²) in [6.45, 7) is 0.275. The van der Waals surface area contributed by atoms with E-state index in [1.165, 1.54) is 4.90 Å². The lowest BCUT2D eigenvalue weighted by Crippen LogP contribution is -2.30. The Hall–Kier alpha value is -3.06. The van der Waals surface area contributed by atoms with Gasteiger partial charge in [-0.05, 0) is 36.4 Å². The molecule has 1 heterocycles. The molecular weight excluding hydrogens is 278 g/mol. The van der Waals surface area contributed by atoms with Crippen LogP contribution in [0.3, 0.4) is 0 Å². The van der Waals surface area contributed by atoms with Crippen LogP contribution in [0.1, 0.15) is 32.7 Å². The summed E-state index contributed by atoms with van der Waals surface area (Å²) >= 11 is 0. The van der Waals surface area contributed by atoms with Gasteiger partial charge in [0.1, 0.15) is 5.75 Å². The van der Waals surface area contributed by atoms with Crippen molar-refractivity contribution in [3.05, 3.63) is 65.2 Å². The number of hydrogen-bond acceptors (Lipinski definition) is 3. The van der Waals surface area contributed by atoms with Gasteiger partial charge in [0.15, 0.2) is 0 Å². The molecule has 4 nitrogen and oxygen atoms in total. The molecule has 108 valence electrons. The second-order valence-corrected chi connectivity index (χ2v) is 4.91. The minimum atomic E-state index is -0.257. The predicted octanol–water partition coefficient (Wildman–Crippen LogP) is 2.43. The number of carbonyl (C=O) groups is 2. The Morgan fingerprint density at radius 1 is 0.909 bits per heavy atom. The van der Waals surface area contributed by atoms with Crippen LogP contribution in [0.15, 0.2) is 48.5 Å². The molecule has 0 unspecified atom stereocenters. The van der Waals surface area contributed by atoms with Gasteiger partial charge < -0.3 is 5.11 Å². The molecule has 0 aromatic heterocycles. The molecule has 0 atom stereocenters. The molecule has 0 aliphatic carbocycles. The van der Waals surface area contributed by atoms with E-state index in [1.807, 2.05) is 0 Å². The molecule has 2 amide bonds. The molecule has 1 aliphatic heterocycles. The number of benzene rings is 2. The first-order valence-corrected chi connectivity index (χ1v) is 6.90. The van der Waals surface area contributed by atoms with Gasteiger partial charge in [-0.3, -0.25) is 14.5 Å². The maximum absolute atomic E-state index is 12.1. The van der Waals surface area contributed by atoms with E-state index >= 15 is 0 Å². The third-order valence-electron chi connectivity index (χ3n) is 3.44. The fourth-order valence-electron chi connectivity index (χ4n) is 2.32. The number of hydrogen-bond donors (Lipinski definition) is 1. The maximum Gasteiger partial charge on any atom is 0.261 e. The minimum Gasteiger partial charge on any atom is -0.508 e. The van der Waals surface area contributed by atoms with Gasteiger partial charge in [-0.2, -0.15) is 0 Å². The van der Waals surface area contributed by atoms with E-state index in [-0.39, 0.29) is 24.1 Å². The highest BCUT2D eigenvalue weighted by atomic mass is 16.3. The van der Waals surface area contributed by atoms with Gasteiger partial charge in [-0.1, -0.05) is 24.0 Å². The molecule has 0 bridgehead atoms. The van der Waals surface area contributed by atoms with Crippen LogP contribution >= 0.6 is 0 Å². The summed E-state index contributed by atoms with van der Waals surface area (Å²) in [6, 6.07) is 13.4. The molecule has 4 heteroatoms. The number of rotatable bonds is 2. The zero-order valence-electron chi connectivity index (χ0n) is 11.7. The van der Waals surface area contributed by atoms with Crippen LogP contribution in [-0.4, -0.2) is 28.4 Å². The van der Waals surface area contributed by atoms with Crippen molar-refractivity contribution in [2.24, 2.45) is 0 Å². The topological polar surface area (TPSA) is 57.6 Å². The molecular formula is C18H13NO3. The first kappa shape index (κ1) is 13.9. The predicted molar refractivity (Wildman–Crippen MR) is 81.4 cm³/mol. The molecule has 0 radical (unpaired) electrons. The van der Waals surface area contributed by atoms with Crippen LogP contribution in [0.5, 0.6) is 5.75 Å². The zero-order chi connectivity index (χ0) is 15.5. The van der Waals surface area contributed by atoms with E-state index in [1.54, 1.807) is 48.5 Å². The fourth-order valence-corrected chi connectivity index (χ4v) is 2.32. The van der Waals surface area contributed by atoms with Gasteiger partial charge in [0.05, 0.1) is 11.1 Å². The van der Waals surface area contributed by atoms with Gasteiger partial charge in [0, 0.05) is 18.5 Å². The van der Waals surface area contributed by atoms with E-state index < -0.39 is 0 Å². The van der Waals surface area contributed by atoms with E-state index in [2.05, 4.69) is 11.8 Å². The summed E-state index contributed by atoms with van der Waals surface area (Å²) in [6.07, 6.45) is 0.409. The van der Waals surface area contributed by atoms with Crippen molar-refractivity contribution >= 4 is 11.8 Å². The molecule has 2 aromatic carbocycles. The lowest BCUT2D eigenvalue weighted by molar-refractivity contribution is 0.0658. The summed E-state index contributed by atoms with van der Waals surface area (Å²) in [5.74, 6) is 5.55. The van der Waals surface area contributed by atoms with Gasteiger partial charge in [0.2, 0.25) is 0 Å². The third kappa shape index (κ3) is 2.57. The molecule has 0 spiro atoms. The van der Waals surface area contributed by atoms with Gasteiger partial charge in [-0.15, -0.1) is 0 Å². The summed E-state index contributed by atoms with van der Waals surface area (Å²) in [5.41, 5.74) is 1.69. The smallest absolute Gasteiger partial charge is 0.261 e. The molecule has 0 saturated heterocycles. The summed E-state index contributed by atoms with van der Waals surface area (Å²) in [4.78, 5) is 25.5. The number of phenolic OH excluding ortho intramolecular Hbond substituents is 1. The second-order valence-electron chi connectivity index (χ2n) is 4.91. The van der Waals surface area contributed by atoms with Crippen molar-refractivity contribution in [3.8, 4) is 17.6 Å². The number of amides is 2. The Kier molecular flexibility index (Phi) is 3.63. The van der Waals surface area contributed by atoms with Crippen molar-refractivity contribution in [2.45, 2.75) is 6.42 Å². The van der Waals surface area contributed by atoms with Crippen LogP contribution in [0.25, 0.3) is 0 Å². The number of nitrogens with zero attached hydrogens (tertiary/aromatic N) is 1. The number of phenols is 1. The molecule has 22 heavy (non-hydrogen) atoms. The Balaban J connectivity index is 1.65. The van der Waals surface area contributed by atoms with E-state index in [9.17, 15) is 14.7 Å². The zero-order valence-corrected chi connectivity index (χ0v) is 11.7. The van der Waals surface area contributed by atoms with Crippen LogP contribution < -0.4 is 0 Å². The average molecular weight is 291 g/mol. The number of fused-ring (bicyclic) bond motifs is 1. The Morgan fingerprint density at radius 3 is 2.09 bits per heavy atom. The summed E-state index contributed by atoms with van der Waals surface area (Å²) in [7, 11) is 0. The van der Waals surface area contributed by atoms with E-state index in [0.29, 0.717) is 17.5 Å². The van der Waals surface area contributed by atoms with Gasteiger partial charge in [-0.25, -0.2) is 0 Å². The molecule has 2 aromatic rings. The van der Waals surface area contributed by atoms with Gasteiger partial charge in [0.25, 0.3) is 11.8 Å². The van der Waals surface area contributed by atoms with Crippen molar-refractivity contribution in [2.75, 3.05) is 6.54 Å². The highest BCUT2D eigenvalue weighted by Gasteiger charge is 2.34. The Bertz CT molecular complexity index is 762. The first-order valence-electron chi connectivity index (χ1n) is 6.90. The summed E-state index contributed by atoms with van der Waals surface area (Å²) < 4.78 is 0. The average Bonchev–Trinajstić information content (AvgIpc) is 2.78. The van der Waals surface area contributed by atoms with E-state index in [0.717, 1.165) is 5.56 Å². The molecule has 0 fully saturated rings. The summed E-state index contributed by atoms with van der Waals surface area (Å²) in [5, 5.41) is 9.19. The van der Waals surface area contributed by atoms with Crippen LogP contribution in [-0.2, 0) is 0 Å². The van der Waals surface area contributed by atoms with Crippen molar-refractivity contribution in [3.63, 3.8) is 0 Å². The van der Waals surface area contributed by atoms with Crippen molar-refractivity contribution < 1.29 is 14.7 Å². The van der Waals surface area contributed by atoms with Crippen molar-refractivity contribution in [1.29, 1.82) is 0 Å². The molecule has 0 saturated carbocycles. The highest BCUT2D eigenvalue weighted by Crippen LogP contribution is 2.22. The van der Waals surface area contributed by atoms with Crippen LogP contribution in [0.4, 0.5) is 0 Å². The maximum atomic E-state index is 12.1. The number of imide groups is 1. The second kappa shape index (κ2) is 5.74. The lowest BCUT2D eigenvalue weighted by Gasteiger charge is -2.10. The third-order valence-corrected chi connectivity index (χ3v) is 3.44. The number of carbonyl (C=O) groups excluding carboxylic acids is 2. The van der Waals surface area contributed by atoms with Crippen molar-refractivity contribution in [1.82, 2.24) is 4.90 Å². The first-order chi connectivity index (χ1) is 10.7. The quantitative estimate of drug-likeness (QED) is 0.683. The molecule has 1 aliphatic rings. The fraction of sp³-hybridized carbons (Fsp3) is 0.111. The largest absolute Gasteiger partial charge is 0.508 e. The van der Waals surface area contributed by atoms with Crippen LogP contribution in [0, 0.1) is 11.8 Å². The highest BCUT2D eigenvalue weighted by molar-refractivity contribution is 6.21. The number of aromatic hydroxyl groups is 1. The van der Waals surface area contributed by atoms with Crippen LogP contribution in [0.2, 0.25) is 0 Å². The van der Waals surface area contributed by atoms with E-state index in [4.69, 9.17) is 0 Å². The monoisotopic (exact) mass is 291 g/mol.